The molecule has 0 aromatic rings. The van der Waals surface area contributed by atoms with Crippen LogP contribution in [0, 0.1) is 0 Å². The lowest BCUT2D eigenvalue weighted by Gasteiger charge is -2.23. The topological polar surface area (TPSA) is 0 Å². The molecular weight excluding hydrogens is 160 g/mol. The van der Waals surface area contributed by atoms with Crippen molar-refractivity contribution in [3.05, 3.63) is 22.6 Å². The first-order valence-corrected chi connectivity index (χ1v) is 4.20. The Balaban J connectivity index is 2.88. The summed E-state index contributed by atoms with van der Waals surface area (Å²) in [6.45, 7) is 4.17. The molecule has 1 aliphatic rings. The minimum Gasteiger partial charge on any atom is -0.168 e. The predicted octanol–water partition coefficient (Wildman–Crippen LogP) is 2.84. The van der Waals surface area contributed by atoms with Gasteiger partial charge in [-0.25, -0.2) is 0 Å². The molecule has 0 heterocycles. The van der Waals surface area contributed by atoms with Crippen LogP contribution in [-0.4, -0.2) is 4.75 Å². The largest absolute Gasteiger partial charge is 0.168 e. The van der Waals surface area contributed by atoms with Gasteiger partial charge in [-0.1, -0.05) is 17.7 Å². The highest BCUT2D eigenvalue weighted by Gasteiger charge is 2.19. The van der Waals surface area contributed by atoms with Gasteiger partial charge in [-0.3, -0.25) is 0 Å². The molecule has 10 heavy (non-hydrogen) atoms. The fraction of sp³-hybridized carbons (Fsp3) is 0.500. The first-order valence-electron chi connectivity index (χ1n) is 3.31. The van der Waals surface area contributed by atoms with E-state index in [4.69, 9.17) is 0 Å². The molecule has 0 amide bonds. The van der Waals surface area contributed by atoms with Crippen LogP contribution >= 0.6 is 25.3 Å². The van der Waals surface area contributed by atoms with Gasteiger partial charge < -0.3 is 0 Å². The number of rotatable bonds is 0. The zero-order chi connectivity index (χ0) is 7.78. The van der Waals surface area contributed by atoms with E-state index in [1.54, 1.807) is 0 Å². The van der Waals surface area contributed by atoms with Gasteiger partial charge in [-0.2, -0.15) is 12.6 Å². The average molecular weight is 172 g/mol. The molecule has 1 atom stereocenters. The van der Waals surface area contributed by atoms with Crippen LogP contribution in [0.3, 0.4) is 0 Å². The van der Waals surface area contributed by atoms with E-state index in [9.17, 15) is 0 Å². The molecule has 0 aromatic carbocycles. The zero-order valence-electron chi connectivity index (χ0n) is 6.26. The van der Waals surface area contributed by atoms with Gasteiger partial charge in [-0.05, 0) is 25.2 Å². The Morgan fingerprint density at radius 2 is 2.20 bits per heavy atom. The molecule has 0 aromatic heterocycles. The predicted molar refractivity (Wildman–Crippen MR) is 52.8 cm³/mol. The van der Waals surface area contributed by atoms with Crippen molar-refractivity contribution in [2.45, 2.75) is 25.0 Å². The van der Waals surface area contributed by atoms with Crippen LogP contribution in [0.15, 0.2) is 22.6 Å². The Hall–Kier alpha value is 0.180. The maximum Gasteiger partial charge on any atom is 0.0331 e. The second-order valence-corrected chi connectivity index (χ2v) is 4.65. The average Bonchev–Trinajstić information content (AvgIpc) is 1.54. The Morgan fingerprint density at radius 3 is 2.60 bits per heavy atom. The van der Waals surface area contributed by atoms with E-state index in [-0.39, 0.29) is 4.75 Å². The van der Waals surface area contributed by atoms with Gasteiger partial charge in [0.15, 0.2) is 0 Å². The first kappa shape index (κ1) is 8.28. The van der Waals surface area contributed by atoms with Crippen molar-refractivity contribution in [1.29, 1.82) is 0 Å². The summed E-state index contributed by atoms with van der Waals surface area (Å²) >= 11 is 8.78. The monoisotopic (exact) mass is 172 g/mol. The maximum absolute atomic E-state index is 4.47. The molecule has 0 N–H and O–H groups in total. The Labute approximate surface area is 73.2 Å². The van der Waals surface area contributed by atoms with Gasteiger partial charge in [0.2, 0.25) is 0 Å². The van der Waals surface area contributed by atoms with Gasteiger partial charge in [0, 0.05) is 4.75 Å². The molecule has 1 rings (SSSR count). The minimum atomic E-state index is 0.00984. The van der Waals surface area contributed by atoms with Gasteiger partial charge >= 0.3 is 0 Å². The van der Waals surface area contributed by atoms with Crippen molar-refractivity contribution in [2.24, 2.45) is 0 Å². The molecule has 2 heteroatoms. The smallest absolute Gasteiger partial charge is 0.0331 e. The van der Waals surface area contributed by atoms with Crippen molar-refractivity contribution in [3.8, 4) is 0 Å². The SMILES string of the molecule is CC1=CC(C)(S)CC(S)=C1. The van der Waals surface area contributed by atoms with E-state index >= 15 is 0 Å². The summed E-state index contributed by atoms with van der Waals surface area (Å²) in [6.07, 6.45) is 5.19. The molecule has 0 nitrogen and oxygen atoms in total. The Bertz CT molecular complexity index is 199. The van der Waals surface area contributed by atoms with Crippen molar-refractivity contribution in [3.63, 3.8) is 0 Å². The second-order valence-electron chi connectivity index (χ2n) is 3.06. The van der Waals surface area contributed by atoms with Crippen LogP contribution < -0.4 is 0 Å². The summed E-state index contributed by atoms with van der Waals surface area (Å²) in [7, 11) is 0. The fourth-order valence-corrected chi connectivity index (χ4v) is 2.29. The lowest BCUT2D eigenvalue weighted by atomic mass is 9.98. The van der Waals surface area contributed by atoms with Crippen LogP contribution in [0.25, 0.3) is 0 Å². The molecule has 0 radical (unpaired) electrons. The van der Waals surface area contributed by atoms with Crippen LogP contribution in [0.2, 0.25) is 0 Å². The normalized spacial score (nSPS) is 33.2. The van der Waals surface area contributed by atoms with Crippen LogP contribution in [0.5, 0.6) is 0 Å². The summed E-state index contributed by atoms with van der Waals surface area (Å²) in [5.74, 6) is 0. The number of hydrogen-bond acceptors (Lipinski definition) is 2. The highest BCUT2D eigenvalue weighted by Crippen LogP contribution is 2.32. The highest BCUT2D eigenvalue weighted by atomic mass is 32.1. The third-order valence-electron chi connectivity index (χ3n) is 1.47. The lowest BCUT2D eigenvalue weighted by molar-refractivity contribution is 0.789. The lowest BCUT2D eigenvalue weighted by Crippen LogP contribution is -2.15. The second kappa shape index (κ2) is 2.67. The maximum atomic E-state index is 4.47. The molecular formula is C8H12S2. The van der Waals surface area contributed by atoms with Crippen LogP contribution in [0.1, 0.15) is 20.3 Å². The molecule has 0 saturated carbocycles. The van der Waals surface area contributed by atoms with Crippen molar-refractivity contribution < 1.29 is 0 Å². The molecule has 0 fully saturated rings. The van der Waals surface area contributed by atoms with Gasteiger partial charge in [0.05, 0.1) is 0 Å². The van der Waals surface area contributed by atoms with Gasteiger partial charge in [0.1, 0.15) is 0 Å². The van der Waals surface area contributed by atoms with Crippen LogP contribution in [0.4, 0.5) is 0 Å². The zero-order valence-corrected chi connectivity index (χ0v) is 8.05. The minimum absolute atomic E-state index is 0.00984. The van der Waals surface area contributed by atoms with Gasteiger partial charge in [0.25, 0.3) is 0 Å². The summed E-state index contributed by atoms with van der Waals surface area (Å²) in [5, 5.41) is 0. The van der Waals surface area contributed by atoms with E-state index < -0.39 is 0 Å². The fourth-order valence-electron chi connectivity index (χ4n) is 1.26. The summed E-state index contributed by atoms with van der Waals surface area (Å²) in [5.41, 5.74) is 1.26. The Morgan fingerprint density at radius 1 is 1.60 bits per heavy atom. The first-order chi connectivity index (χ1) is 4.49. The van der Waals surface area contributed by atoms with E-state index in [0.717, 1.165) is 11.3 Å². The molecule has 0 saturated heterocycles. The molecule has 0 aliphatic heterocycles. The summed E-state index contributed by atoms with van der Waals surface area (Å²) in [4.78, 5) is 1.12. The van der Waals surface area contributed by atoms with E-state index in [0.29, 0.717) is 0 Å². The molecule has 56 valence electrons. The number of hydrogen-bond donors (Lipinski definition) is 2. The number of allylic oxidation sites excluding steroid dienone is 3. The molecule has 0 spiro atoms. The third-order valence-corrected chi connectivity index (χ3v) is 2.05. The van der Waals surface area contributed by atoms with Crippen molar-refractivity contribution in [1.82, 2.24) is 0 Å². The Kier molecular flexibility index (Phi) is 2.21. The third kappa shape index (κ3) is 2.10. The molecule has 1 aliphatic carbocycles. The van der Waals surface area contributed by atoms with E-state index in [2.05, 4.69) is 51.3 Å². The standard InChI is InChI=1S/C8H12S2/c1-6-3-7(9)5-8(2,10)4-6/h3-4,9-10H,5H2,1-2H3. The van der Waals surface area contributed by atoms with E-state index in [1.807, 2.05) is 0 Å². The van der Waals surface area contributed by atoms with Crippen LogP contribution in [-0.2, 0) is 0 Å². The van der Waals surface area contributed by atoms with Crippen molar-refractivity contribution >= 4 is 25.3 Å². The molecule has 0 bridgehead atoms. The highest BCUT2D eigenvalue weighted by molar-refractivity contribution is 7.85. The molecule has 1 unspecified atom stereocenters. The number of thiol groups is 2. The summed E-state index contributed by atoms with van der Waals surface area (Å²) < 4.78 is 0.00984. The summed E-state index contributed by atoms with van der Waals surface area (Å²) in [6, 6.07) is 0. The van der Waals surface area contributed by atoms with Crippen molar-refractivity contribution in [2.75, 3.05) is 0 Å². The van der Waals surface area contributed by atoms with E-state index in [1.165, 1.54) is 5.57 Å². The quantitative estimate of drug-likeness (QED) is 0.516. The van der Waals surface area contributed by atoms with Gasteiger partial charge in [-0.15, -0.1) is 12.6 Å².